The quantitative estimate of drug-likeness (QED) is 0.527. The second-order valence-corrected chi connectivity index (χ2v) is 5.99. The summed E-state index contributed by atoms with van der Waals surface area (Å²) < 4.78 is 41.2. The van der Waals surface area contributed by atoms with Crippen LogP contribution in [0.2, 0.25) is 0 Å². The minimum Gasteiger partial charge on any atom is -0.358 e. The maximum atomic E-state index is 13.2. The highest BCUT2D eigenvalue weighted by Crippen LogP contribution is 2.24. The molecule has 1 saturated heterocycles. The van der Waals surface area contributed by atoms with Crippen molar-refractivity contribution in [2.45, 2.75) is 32.1 Å². The molecule has 146 valence electrons. The maximum absolute atomic E-state index is 13.2. The van der Waals surface area contributed by atoms with Crippen LogP contribution in [-0.2, 0) is 11.3 Å². The van der Waals surface area contributed by atoms with Crippen LogP contribution >= 0.6 is 0 Å². The molecule has 0 aliphatic carbocycles. The molecule has 0 radical (unpaired) electrons. The van der Waals surface area contributed by atoms with Gasteiger partial charge in [0.1, 0.15) is 12.2 Å². The molecule has 1 amide bonds. The first-order valence-electron chi connectivity index (χ1n) is 8.15. The monoisotopic (exact) mass is 378 g/mol. The molecule has 9 nitrogen and oxygen atoms in total. The van der Waals surface area contributed by atoms with Crippen LogP contribution in [0.4, 0.5) is 19.0 Å². The van der Waals surface area contributed by atoms with E-state index >= 15 is 0 Å². The number of aryl methyl sites for hydroxylation is 2. The van der Waals surface area contributed by atoms with Crippen molar-refractivity contribution in [3.8, 4) is 0 Å². The van der Waals surface area contributed by atoms with E-state index in [0.29, 0.717) is 18.9 Å². The van der Waals surface area contributed by atoms with E-state index in [0.717, 1.165) is 0 Å². The van der Waals surface area contributed by atoms with Gasteiger partial charge >= 0.3 is 12.0 Å². The van der Waals surface area contributed by atoms with Gasteiger partial charge in [0.05, 0.1) is 0 Å². The zero-order valence-electron chi connectivity index (χ0n) is 14.3. The van der Waals surface area contributed by atoms with E-state index in [1.807, 2.05) is 0 Å². The molecular formula is C14H21F3N6O3. The van der Waals surface area contributed by atoms with Gasteiger partial charge in [-0.1, -0.05) is 0 Å². The van der Waals surface area contributed by atoms with Gasteiger partial charge in [0.15, 0.2) is 0 Å². The number of amides is 1. The largest absolute Gasteiger partial charge is 0.405 e. The first-order valence-corrected chi connectivity index (χ1v) is 8.15. The van der Waals surface area contributed by atoms with E-state index in [1.54, 1.807) is 6.92 Å². The molecule has 0 spiro atoms. The molecule has 1 aromatic heterocycles. The summed E-state index contributed by atoms with van der Waals surface area (Å²) in [5.41, 5.74) is 0. The van der Waals surface area contributed by atoms with Crippen LogP contribution in [0, 0.1) is 17.0 Å². The van der Waals surface area contributed by atoms with Crippen molar-refractivity contribution < 1.29 is 22.9 Å². The van der Waals surface area contributed by atoms with Crippen molar-refractivity contribution in [2.75, 3.05) is 32.7 Å². The van der Waals surface area contributed by atoms with Gasteiger partial charge in [-0.15, -0.1) is 0 Å². The number of piperazine rings is 1. The Morgan fingerprint density at radius 2 is 2.12 bits per heavy atom. The fourth-order valence-electron chi connectivity index (χ4n) is 2.77. The van der Waals surface area contributed by atoms with Crippen LogP contribution in [0.3, 0.4) is 0 Å². The van der Waals surface area contributed by atoms with Gasteiger partial charge in [-0.25, -0.2) is 0 Å². The Labute approximate surface area is 147 Å². The first kappa shape index (κ1) is 20.1. The van der Waals surface area contributed by atoms with Crippen LogP contribution in [0.1, 0.15) is 12.2 Å². The summed E-state index contributed by atoms with van der Waals surface area (Å²) in [6, 6.07) is -1.73. The lowest BCUT2D eigenvalue weighted by atomic mass is 10.2. The SMILES string of the molecule is Cc1nc([N+](=O)[O-])cn1CCC(=O)NCC(N1CCNCC1)C(F)(F)F. The number of hydrogen-bond acceptors (Lipinski definition) is 6. The van der Waals surface area contributed by atoms with Crippen molar-refractivity contribution in [3.05, 3.63) is 22.1 Å². The second kappa shape index (κ2) is 8.45. The van der Waals surface area contributed by atoms with E-state index in [-0.39, 0.29) is 31.9 Å². The van der Waals surface area contributed by atoms with Crippen molar-refractivity contribution in [2.24, 2.45) is 0 Å². The fraction of sp³-hybridized carbons (Fsp3) is 0.714. The van der Waals surface area contributed by atoms with Gasteiger partial charge in [0.2, 0.25) is 11.7 Å². The molecule has 0 bridgehead atoms. The summed E-state index contributed by atoms with van der Waals surface area (Å²) in [4.78, 5) is 27.0. The van der Waals surface area contributed by atoms with Gasteiger partial charge < -0.3 is 25.3 Å². The summed E-state index contributed by atoms with van der Waals surface area (Å²) in [5, 5.41) is 16.0. The Hall–Kier alpha value is -2.21. The normalized spacial score (nSPS) is 17.1. The summed E-state index contributed by atoms with van der Waals surface area (Å²) in [7, 11) is 0. The molecule has 12 heteroatoms. The smallest absolute Gasteiger partial charge is 0.358 e. The summed E-state index contributed by atoms with van der Waals surface area (Å²) >= 11 is 0. The van der Waals surface area contributed by atoms with E-state index in [9.17, 15) is 28.1 Å². The highest BCUT2D eigenvalue weighted by molar-refractivity contribution is 5.75. The Balaban J connectivity index is 1.87. The second-order valence-electron chi connectivity index (χ2n) is 5.99. The van der Waals surface area contributed by atoms with Crippen LogP contribution in [0.25, 0.3) is 0 Å². The number of imidazole rings is 1. The minimum absolute atomic E-state index is 0.0967. The third-order valence-corrected chi connectivity index (χ3v) is 4.19. The van der Waals surface area contributed by atoms with Crippen LogP contribution in [-0.4, -0.2) is 70.2 Å². The van der Waals surface area contributed by atoms with Crippen molar-refractivity contribution >= 4 is 11.7 Å². The number of nitrogens with zero attached hydrogens (tertiary/aromatic N) is 4. The number of aromatic nitrogens is 2. The lowest BCUT2D eigenvalue weighted by Gasteiger charge is -2.35. The minimum atomic E-state index is -4.44. The number of carbonyl (C=O) groups is 1. The predicted molar refractivity (Wildman–Crippen MR) is 85.5 cm³/mol. The highest BCUT2D eigenvalue weighted by atomic mass is 19.4. The van der Waals surface area contributed by atoms with E-state index < -0.39 is 29.6 Å². The summed E-state index contributed by atoms with van der Waals surface area (Å²) in [6.07, 6.45) is -3.34. The summed E-state index contributed by atoms with van der Waals surface area (Å²) in [6.45, 7) is 2.59. The molecule has 1 atom stereocenters. The van der Waals surface area contributed by atoms with Crippen LogP contribution in [0.15, 0.2) is 6.20 Å². The van der Waals surface area contributed by atoms with Crippen molar-refractivity contribution in [3.63, 3.8) is 0 Å². The fourth-order valence-corrected chi connectivity index (χ4v) is 2.77. The lowest BCUT2D eigenvalue weighted by molar-refractivity contribution is -0.389. The van der Waals surface area contributed by atoms with Crippen LogP contribution < -0.4 is 10.6 Å². The molecule has 1 fully saturated rings. The topological polar surface area (TPSA) is 105 Å². The Kier molecular flexibility index (Phi) is 6.53. The van der Waals surface area contributed by atoms with E-state index in [2.05, 4.69) is 15.6 Å². The lowest BCUT2D eigenvalue weighted by Crippen LogP contribution is -2.57. The number of halogens is 3. The first-order chi connectivity index (χ1) is 12.2. The number of hydrogen-bond donors (Lipinski definition) is 2. The molecule has 1 unspecified atom stereocenters. The molecule has 26 heavy (non-hydrogen) atoms. The van der Waals surface area contributed by atoms with Crippen molar-refractivity contribution in [1.29, 1.82) is 0 Å². The highest BCUT2D eigenvalue weighted by Gasteiger charge is 2.43. The van der Waals surface area contributed by atoms with Gasteiger partial charge in [-0.2, -0.15) is 13.2 Å². The maximum Gasteiger partial charge on any atom is 0.405 e. The van der Waals surface area contributed by atoms with Crippen LogP contribution in [0.5, 0.6) is 0 Å². The molecule has 1 aliphatic heterocycles. The third-order valence-electron chi connectivity index (χ3n) is 4.19. The molecule has 1 aliphatic rings. The van der Waals surface area contributed by atoms with Gasteiger partial charge in [0, 0.05) is 52.6 Å². The molecule has 2 N–H and O–H groups in total. The summed E-state index contributed by atoms with van der Waals surface area (Å²) in [5.74, 6) is -0.526. The third kappa shape index (κ3) is 5.39. The molecule has 2 heterocycles. The number of rotatable bonds is 7. The zero-order chi connectivity index (χ0) is 19.3. The van der Waals surface area contributed by atoms with Crippen molar-refractivity contribution in [1.82, 2.24) is 25.1 Å². The number of nitrogens with one attached hydrogen (secondary N) is 2. The molecule has 1 aromatic rings. The average Bonchev–Trinajstić information content (AvgIpc) is 2.94. The molecular weight excluding hydrogens is 357 g/mol. The zero-order valence-corrected chi connectivity index (χ0v) is 14.3. The Bertz CT molecular complexity index is 642. The van der Waals surface area contributed by atoms with Gasteiger partial charge in [-0.05, 0) is 9.91 Å². The number of nitro groups is 1. The van der Waals surface area contributed by atoms with Gasteiger partial charge in [-0.3, -0.25) is 9.69 Å². The number of alkyl halides is 3. The van der Waals surface area contributed by atoms with E-state index in [4.69, 9.17) is 0 Å². The molecule has 0 aromatic carbocycles. The average molecular weight is 378 g/mol. The van der Waals surface area contributed by atoms with Gasteiger partial charge in [0.25, 0.3) is 0 Å². The Morgan fingerprint density at radius 1 is 1.46 bits per heavy atom. The van der Waals surface area contributed by atoms with E-state index in [1.165, 1.54) is 15.7 Å². The molecule has 2 rings (SSSR count). The standard InChI is InChI=1S/C14H21F3N6O3/c1-10-20-12(23(25)26)9-22(10)5-2-13(24)19-8-11(14(15,16)17)21-6-3-18-4-7-21/h9,11,18H,2-8H2,1H3,(H,19,24). The number of carbonyl (C=O) groups excluding carboxylic acids is 1. The molecule has 0 saturated carbocycles. The predicted octanol–water partition coefficient (Wildman–Crippen LogP) is 0.442. The Morgan fingerprint density at radius 3 is 2.65 bits per heavy atom.